The Morgan fingerprint density at radius 2 is 2.00 bits per heavy atom. The Hall–Kier alpha value is -0.820. The third kappa shape index (κ3) is 3.88. The maximum atomic E-state index is 10.1. The van der Waals surface area contributed by atoms with Crippen molar-refractivity contribution >= 4 is 0 Å². The highest BCUT2D eigenvalue weighted by atomic mass is 16.3. The van der Waals surface area contributed by atoms with Crippen LogP contribution in [0, 0.1) is 23.2 Å². The lowest BCUT2D eigenvalue weighted by Crippen LogP contribution is -2.36. The van der Waals surface area contributed by atoms with Crippen LogP contribution in [0.5, 0.6) is 0 Å². The van der Waals surface area contributed by atoms with Crippen molar-refractivity contribution in [1.82, 2.24) is 0 Å². The summed E-state index contributed by atoms with van der Waals surface area (Å²) in [5, 5.41) is 10.1. The summed E-state index contributed by atoms with van der Waals surface area (Å²) < 4.78 is 0. The molecule has 3 aliphatic rings. The second-order valence-corrected chi connectivity index (χ2v) is 9.50. The first-order valence-electron chi connectivity index (χ1n) is 11.2. The first kappa shape index (κ1) is 19.9. The average molecular weight is 357 g/mol. The van der Waals surface area contributed by atoms with Crippen molar-refractivity contribution in [3.05, 3.63) is 35.5 Å². The van der Waals surface area contributed by atoms with Crippen LogP contribution in [0.15, 0.2) is 35.5 Å². The van der Waals surface area contributed by atoms with Gasteiger partial charge in [-0.05, 0) is 80.1 Å². The molecule has 3 fully saturated rings. The fourth-order valence-corrected chi connectivity index (χ4v) is 6.47. The molecule has 5 unspecified atom stereocenters. The highest BCUT2D eigenvalue weighted by Gasteiger charge is 2.50. The molecule has 26 heavy (non-hydrogen) atoms. The smallest absolute Gasteiger partial charge is 0.0784 e. The number of hydrogen-bond acceptors (Lipinski definition) is 1. The van der Waals surface area contributed by atoms with Gasteiger partial charge < -0.3 is 5.11 Å². The van der Waals surface area contributed by atoms with E-state index in [1.54, 1.807) is 5.57 Å². The molecule has 0 aliphatic heterocycles. The van der Waals surface area contributed by atoms with Crippen LogP contribution in [-0.4, -0.2) is 11.2 Å². The first-order chi connectivity index (χ1) is 12.5. The minimum absolute atomic E-state index is 0.319. The summed E-state index contributed by atoms with van der Waals surface area (Å²) >= 11 is 0. The van der Waals surface area contributed by atoms with E-state index >= 15 is 0 Å². The van der Waals surface area contributed by atoms with Crippen LogP contribution in [0.25, 0.3) is 0 Å². The van der Waals surface area contributed by atoms with E-state index in [-0.39, 0.29) is 6.10 Å². The summed E-state index contributed by atoms with van der Waals surface area (Å²) in [5.74, 6) is 2.65. The van der Waals surface area contributed by atoms with Gasteiger partial charge in [-0.25, -0.2) is 0 Å². The monoisotopic (exact) mass is 356 g/mol. The van der Waals surface area contributed by atoms with Crippen LogP contribution >= 0.6 is 0 Å². The van der Waals surface area contributed by atoms with Gasteiger partial charge in [0.15, 0.2) is 0 Å². The van der Waals surface area contributed by atoms with Gasteiger partial charge in [-0.3, -0.25) is 0 Å². The van der Waals surface area contributed by atoms with Gasteiger partial charge in [0.2, 0.25) is 0 Å². The predicted molar refractivity (Wildman–Crippen MR) is 112 cm³/mol. The van der Waals surface area contributed by atoms with E-state index in [9.17, 15) is 5.11 Å². The van der Waals surface area contributed by atoms with E-state index < -0.39 is 0 Å². The standard InChI is InChI=1S/C25H40O/c1-5-8-20(6-2)22-14-15-23-21(9-7-16-25(22,23)4)13-12-19-11-10-18(3)24(26)17-19/h12-13,20,22-24,26H,3,5-11,14-17H2,1-2,4H3/b19-12-,21-13+. The first-order valence-corrected chi connectivity index (χ1v) is 11.2. The van der Waals surface area contributed by atoms with Crippen molar-refractivity contribution in [3.8, 4) is 0 Å². The van der Waals surface area contributed by atoms with E-state index in [0.29, 0.717) is 5.41 Å². The molecule has 0 aromatic heterocycles. The zero-order valence-corrected chi connectivity index (χ0v) is 17.4. The van der Waals surface area contributed by atoms with E-state index in [2.05, 4.69) is 39.5 Å². The molecule has 5 atom stereocenters. The lowest BCUT2D eigenvalue weighted by atomic mass is 9.60. The molecule has 3 aliphatic carbocycles. The van der Waals surface area contributed by atoms with Crippen LogP contribution in [0.4, 0.5) is 0 Å². The van der Waals surface area contributed by atoms with Gasteiger partial charge in [-0.2, -0.15) is 0 Å². The molecular weight excluding hydrogens is 316 g/mol. The molecule has 3 saturated carbocycles. The van der Waals surface area contributed by atoms with Crippen LogP contribution in [0.3, 0.4) is 0 Å². The number of fused-ring (bicyclic) bond motifs is 1. The van der Waals surface area contributed by atoms with Crippen LogP contribution < -0.4 is 0 Å². The molecule has 0 heterocycles. The van der Waals surface area contributed by atoms with Crippen molar-refractivity contribution in [2.45, 2.75) is 97.5 Å². The molecule has 1 heteroatoms. The summed E-state index contributed by atoms with van der Waals surface area (Å²) in [6, 6.07) is 0. The number of hydrogen-bond donors (Lipinski definition) is 1. The Labute approximate surface area is 161 Å². The summed E-state index contributed by atoms with van der Waals surface area (Å²) in [5.41, 5.74) is 4.66. The number of rotatable bonds is 5. The van der Waals surface area contributed by atoms with Crippen molar-refractivity contribution in [2.24, 2.45) is 23.2 Å². The van der Waals surface area contributed by atoms with E-state index in [1.807, 2.05) is 0 Å². The number of aliphatic hydroxyl groups is 1. The van der Waals surface area contributed by atoms with Gasteiger partial charge in [-0.1, -0.05) is 69.9 Å². The average Bonchev–Trinajstić information content (AvgIpc) is 2.98. The molecule has 0 aromatic rings. The topological polar surface area (TPSA) is 20.2 Å². The predicted octanol–water partition coefficient (Wildman–Crippen LogP) is 6.98. The van der Waals surface area contributed by atoms with Gasteiger partial charge in [-0.15, -0.1) is 0 Å². The van der Waals surface area contributed by atoms with Crippen molar-refractivity contribution in [3.63, 3.8) is 0 Å². The molecule has 0 radical (unpaired) electrons. The third-order valence-electron chi connectivity index (χ3n) is 8.02. The van der Waals surface area contributed by atoms with Crippen LogP contribution in [-0.2, 0) is 0 Å². The van der Waals surface area contributed by atoms with Gasteiger partial charge >= 0.3 is 0 Å². The second kappa shape index (κ2) is 8.46. The molecule has 0 spiro atoms. The van der Waals surface area contributed by atoms with Crippen LogP contribution in [0.1, 0.15) is 91.4 Å². The Balaban J connectivity index is 1.76. The molecular formula is C25H40O. The van der Waals surface area contributed by atoms with Crippen molar-refractivity contribution in [2.75, 3.05) is 0 Å². The molecule has 1 nitrogen and oxygen atoms in total. The zero-order valence-electron chi connectivity index (χ0n) is 17.4. The summed E-state index contributed by atoms with van der Waals surface area (Å²) in [4.78, 5) is 0. The highest BCUT2D eigenvalue weighted by Crippen LogP contribution is 2.60. The molecule has 0 amide bonds. The van der Waals surface area contributed by atoms with E-state index in [4.69, 9.17) is 0 Å². The summed E-state index contributed by atoms with van der Waals surface area (Å²) in [6.07, 6.45) is 18.3. The zero-order chi connectivity index (χ0) is 18.7. The summed E-state index contributed by atoms with van der Waals surface area (Å²) in [6.45, 7) is 11.4. The SMILES string of the molecule is C=C1CC/C(=C/C=C2\CCCC3(C)C2CCC3C(CC)CCC)CC1O. The molecule has 0 bridgehead atoms. The minimum atomic E-state index is -0.319. The maximum absolute atomic E-state index is 10.1. The van der Waals surface area contributed by atoms with Gasteiger partial charge in [0.1, 0.15) is 0 Å². The Morgan fingerprint density at radius 3 is 2.69 bits per heavy atom. The highest BCUT2D eigenvalue weighted by molar-refractivity contribution is 5.28. The minimum Gasteiger partial charge on any atom is -0.388 e. The summed E-state index contributed by atoms with van der Waals surface area (Å²) in [7, 11) is 0. The molecule has 0 saturated heterocycles. The maximum Gasteiger partial charge on any atom is 0.0784 e. The van der Waals surface area contributed by atoms with E-state index in [1.165, 1.54) is 56.9 Å². The normalized spacial score (nSPS) is 39.4. The van der Waals surface area contributed by atoms with E-state index in [0.717, 1.165) is 42.6 Å². The lowest BCUT2D eigenvalue weighted by Gasteiger charge is -2.45. The van der Waals surface area contributed by atoms with Gasteiger partial charge in [0.25, 0.3) is 0 Å². The largest absolute Gasteiger partial charge is 0.388 e. The second-order valence-electron chi connectivity index (χ2n) is 9.50. The number of aliphatic hydroxyl groups excluding tert-OH is 1. The molecule has 0 aromatic carbocycles. The van der Waals surface area contributed by atoms with Gasteiger partial charge in [0, 0.05) is 0 Å². The fourth-order valence-electron chi connectivity index (χ4n) is 6.47. The third-order valence-corrected chi connectivity index (χ3v) is 8.02. The Morgan fingerprint density at radius 1 is 1.19 bits per heavy atom. The quantitative estimate of drug-likeness (QED) is 0.527. The van der Waals surface area contributed by atoms with Crippen molar-refractivity contribution in [1.29, 1.82) is 0 Å². The molecule has 1 N–H and O–H groups in total. The lowest BCUT2D eigenvalue weighted by molar-refractivity contribution is 0.0853. The molecule has 3 rings (SSSR count). The molecule has 146 valence electrons. The Bertz CT molecular complexity index is 569. The fraction of sp³-hybridized carbons (Fsp3) is 0.760. The van der Waals surface area contributed by atoms with Gasteiger partial charge in [0.05, 0.1) is 6.10 Å². The van der Waals surface area contributed by atoms with Crippen LogP contribution in [0.2, 0.25) is 0 Å². The number of allylic oxidation sites excluding steroid dienone is 3. The van der Waals surface area contributed by atoms with Crippen molar-refractivity contribution < 1.29 is 5.11 Å². The Kier molecular flexibility index (Phi) is 6.49.